The molecule has 0 spiro atoms. The summed E-state index contributed by atoms with van der Waals surface area (Å²) in [5.41, 5.74) is 0.0770. The van der Waals surface area contributed by atoms with Gasteiger partial charge in [-0.2, -0.15) is 5.26 Å². The van der Waals surface area contributed by atoms with Crippen molar-refractivity contribution in [3.8, 4) is 17.6 Å². The number of hydrogen-bond acceptors (Lipinski definition) is 9. The topological polar surface area (TPSA) is 121 Å². The Labute approximate surface area is 156 Å². The summed E-state index contributed by atoms with van der Waals surface area (Å²) >= 11 is 0. The zero-order valence-corrected chi connectivity index (χ0v) is 15.1. The largest absolute Gasteiger partial charge is 0.513 e. The maximum absolute atomic E-state index is 11.7. The van der Waals surface area contributed by atoms with Crippen molar-refractivity contribution >= 4 is 24.4 Å². The predicted octanol–water partition coefficient (Wildman–Crippen LogP) is 3.23. The lowest BCUT2D eigenvalue weighted by molar-refractivity contribution is -0.137. The van der Waals surface area contributed by atoms with E-state index in [2.05, 4.69) is 4.74 Å². The van der Waals surface area contributed by atoms with Gasteiger partial charge in [0, 0.05) is 0 Å². The minimum atomic E-state index is -1.02. The number of esters is 1. The normalized spacial score (nSPS) is 10.4. The van der Waals surface area contributed by atoms with E-state index in [1.165, 1.54) is 24.3 Å². The third-order valence-electron chi connectivity index (χ3n) is 2.81. The van der Waals surface area contributed by atoms with Gasteiger partial charge >= 0.3 is 18.3 Å². The zero-order chi connectivity index (χ0) is 20.2. The van der Waals surface area contributed by atoms with Gasteiger partial charge in [0.2, 0.25) is 0 Å². The molecule has 0 saturated carbocycles. The summed E-state index contributed by atoms with van der Waals surface area (Å²) in [5, 5.41) is 9.09. The first-order chi connectivity index (χ1) is 12.9. The minimum absolute atomic E-state index is 0.0773. The molecule has 9 nitrogen and oxygen atoms in total. The summed E-state index contributed by atoms with van der Waals surface area (Å²) in [6.45, 7) is 5.09. The van der Waals surface area contributed by atoms with Crippen molar-refractivity contribution in [2.24, 2.45) is 0 Å². The van der Waals surface area contributed by atoms with Gasteiger partial charge in [-0.1, -0.05) is 6.07 Å². The molecule has 0 fully saturated rings. The molecule has 0 radical (unpaired) electrons. The highest BCUT2D eigenvalue weighted by atomic mass is 16.7. The second kappa shape index (κ2) is 11.1. The van der Waals surface area contributed by atoms with Crippen molar-refractivity contribution in [3.05, 3.63) is 29.3 Å². The van der Waals surface area contributed by atoms with E-state index < -0.39 is 18.3 Å². The Morgan fingerprint density at radius 3 is 2.00 bits per heavy atom. The standard InChI is InChI=1S/C18H19NO8/c1-4-23-16(20)13(11-19)9-12-7-8-14(26-17(21)24-5-2)15(10-12)27-18(22)25-6-3/h7-10H,4-6H2,1-3H3/b13-9+. The Kier molecular flexibility index (Phi) is 8.88. The van der Waals surface area contributed by atoms with E-state index in [1.54, 1.807) is 26.8 Å². The number of benzene rings is 1. The first-order valence-electron chi connectivity index (χ1n) is 8.07. The summed E-state index contributed by atoms with van der Waals surface area (Å²) < 4.78 is 24.1. The molecule has 0 heterocycles. The van der Waals surface area contributed by atoms with Gasteiger partial charge in [0.1, 0.15) is 11.6 Å². The van der Waals surface area contributed by atoms with Crippen LogP contribution in [0.1, 0.15) is 26.3 Å². The number of nitrogens with zero attached hydrogens (tertiary/aromatic N) is 1. The van der Waals surface area contributed by atoms with Crippen LogP contribution in [0.4, 0.5) is 9.59 Å². The van der Waals surface area contributed by atoms with Crippen molar-refractivity contribution in [1.29, 1.82) is 5.26 Å². The van der Waals surface area contributed by atoms with E-state index >= 15 is 0 Å². The number of carbonyl (C=O) groups is 3. The molecule has 0 aliphatic rings. The lowest BCUT2D eigenvalue weighted by Crippen LogP contribution is -2.14. The molecule has 0 unspecified atom stereocenters. The van der Waals surface area contributed by atoms with Crippen molar-refractivity contribution < 1.29 is 38.1 Å². The average molecular weight is 377 g/mol. The smallest absolute Gasteiger partial charge is 0.462 e. The van der Waals surface area contributed by atoms with Crippen LogP contribution in [0.3, 0.4) is 0 Å². The summed E-state index contributed by atoms with van der Waals surface area (Å²) in [4.78, 5) is 34.8. The number of carbonyl (C=O) groups excluding carboxylic acids is 3. The second-order valence-electron chi connectivity index (χ2n) is 4.67. The van der Waals surface area contributed by atoms with Gasteiger partial charge in [-0.25, -0.2) is 14.4 Å². The molecule has 0 aliphatic heterocycles. The van der Waals surface area contributed by atoms with Gasteiger partial charge in [0.15, 0.2) is 11.5 Å². The summed E-state index contributed by atoms with van der Waals surface area (Å²) in [7, 11) is 0. The summed E-state index contributed by atoms with van der Waals surface area (Å²) in [6.07, 6.45) is -0.763. The van der Waals surface area contributed by atoms with Crippen LogP contribution in [0.5, 0.6) is 11.5 Å². The lowest BCUT2D eigenvalue weighted by Gasteiger charge is -2.11. The molecular formula is C18H19NO8. The number of ether oxygens (including phenoxy) is 5. The van der Waals surface area contributed by atoms with E-state index in [0.717, 1.165) is 0 Å². The van der Waals surface area contributed by atoms with Crippen molar-refractivity contribution in [2.45, 2.75) is 20.8 Å². The molecule has 9 heteroatoms. The predicted molar refractivity (Wildman–Crippen MR) is 92.0 cm³/mol. The van der Waals surface area contributed by atoms with Crippen LogP contribution in [0.2, 0.25) is 0 Å². The highest BCUT2D eigenvalue weighted by Gasteiger charge is 2.17. The van der Waals surface area contributed by atoms with Gasteiger partial charge < -0.3 is 23.7 Å². The van der Waals surface area contributed by atoms with Crippen LogP contribution >= 0.6 is 0 Å². The highest BCUT2D eigenvalue weighted by Crippen LogP contribution is 2.30. The molecule has 27 heavy (non-hydrogen) atoms. The number of hydrogen-bond donors (Lipinski definition) is 0. The Morgan fingerprint density at radius 1 is 0.926 bits per heavy atom. The fourth-order valence-electron chi connectivity index (χ4n) is 1.77. The molecule has 1 rings (SSSR count). The SMILES string of the molecule is CCOC(=O)Oc1ccc(/C=C(\C#N)C(=O)OCC)cc1OC(=O)OCC. The van der Waals surface area contributed by atoms with Crippen LogP contribution < -0.4 is 9.47 Å². The first kappa shape index (κ1) is 21.5. The van der Waals surface area contributed by atoms with E-state index in [4.69, 9.17) is 24.2 Å². The average Bonchev–Trinajstić information content (AvgIpc) is 2.62. The molecule has 0 amide bonds. The van der Waals surface area contributed by atoms with E-state index in [-0.39, 0.29) is 36.9 Å². The summed E-state index contributed by atoms with van der Waals surface area (Å²) in [5.74, 6) is -1.05. The summed E-state index contributed by atoms with van der Waals surface area (Å²) in [6, 6.07) is 5.79. The van der Waals surface area contributed by atoms with E-state index in [1.807, 2.05) is 0 Å². The van der Waals surface area contributed by atoms with Gasteiger partial charge in [-0.05, 0) is 44.5 Å². The molecule has 1 aromatic carbocycles. The van der Waals surface area contributed by atoms with E-state index in [9.17, 15) is 14.4 Å². The van der Waals surface area contributed by atoms with Gasteiger partial charge in [-0.15, -0.1) is 0 Å². The fourth-order valence-corrected chi connectivity index (χ4v) is 1.77. The van der Waals surface area contributed by atoms with Crippen LogP contribution in [-0.4, -0.2) is 38.1 Å². The quantitative estimate of drug-likeness (QED) is 0.232. The molecule has 0 bridgehead atoms. The Bertz CT molecular complexity index is 763. The molecule has 0 aromatic heterocycles. The first-order valence-corrected chi connectivity index (χ1v) is 8.07. The molecule has 144 valence electrons. The van der Waals surface area contributed by atoms with Gasteiger partial charge in [0.05, 0.1) is 19.8 Å². The minimum Gasteiger partial charge on any atom is -0.462 e. The van der Waals surface area contributed by atoms with Crippen molar-refractivity contribution in [2.75, 3.05) is 19.8 Å². The molecule has 0 N–H and O–H groups in total. The van der Waals surface area contributed by atoms with Crippen molar-refractivity contribution in [3.63, 3.8) is 0 Å². The Hall–Kier alpha value is -3.54. The fraction of sp³-hybridized carbons (Fsp3) is 0.333. The van der Waals surface area contributed by atoms with Gasteiger partial charge in [0.25, 0.3) is 0 Å². The van der Waals surface area contributed by atoms with Crippen molar-refractivity contribution in [1.82, 2.24) is 0 Å². The monoisotopic (exact) mass is 377 g/mol. The lowest BCUT2D eigenvalue weighted by atomic mass is 10.1. The third kappa shape index (κ3) is 7.07. The van der Waals surface area contributed by atoms with E-state index in [0.29, 0.717) is 5.56 Å². The van der Waals surface area contributed by atoms with Gasteiger partial charge in [-0.3, -0.25) is 0 Å². The van der Waals surface area contributed by atoms with Crippen LogP contribution in [0.25, 0.3) is 6.08 Å². The maximum atomic E-state index is 11.7. The Morgan fingerprint density at radius 2 is 1.48 bits per heavy atom. The molecular weight excluding hydrogens is 358 g/mol. The maximum Gasteiger partial charge on any atom is 0.513 e. The second-order valence-corrected chi connectivity index (χ2v) is 4.67. The van der Waals surface area contributed by atoms with Crippen LogP contribution in [0.15, 0.2) is 23.8 Å². The molecule has 0 atom stereocenters. The number of nitriles is 1. The van der Waals surface area contributed by atoms with Crippen LogP contribution in [0, 0.1) is 11.3 Å². The molecule has 0 aliphatic carbocycles. The van der Waals surface area contributed by atoms with Crippen LogP contribution in [-0.2, 0) is 19.0 Å². The molecule has 1 aromatic rings. The zero-order valence-electron chi connectivity index (χ0n) is 15.1. The highest BCUT2D eigenvalue weighted by molar-refractivity contribution is 5.98. The molecule has 0 saturated heterocycles. The Balaban J connectivity index is 3.21. The third-order valence-corrected chi connectivity index (χ3v) is 2.81. The number of rotatable bonds is 7.